The van der Waals surface area contributed by atoms with Gasteiger partial charge in [0.25, 0.3) is 0 Å². The Morgan fingerprint density at radius 2 is 1.88 bits per heavy atom. The summed E-state index contributed by atoms with van der Waals surface area (Å²) in [5.41, 5.74) is 0.695. The van der Waals surface area contributed by atoms with Crippen molar-refractivity contribution < 1.29 is 27.5 Å². The Morgan fingerprint density at radius 3 is 2.42 bits per heavy atom. The van der Waals surface area contributed by atoms with Crippen molar-refractivity contribution in [2.75, 3.05) is 17.2 Å². The smallest absolute Gasteiger partial charge is 0.405 e. The summed E-state index contributed by atoms with van der Waals surface area (Å²) >= 11 is 1.17. The van der Waals surface area contributed by atoms with Gasteiger partial charge >= 0.3 is 12.1 Å². The summed E-state index contributed by atoms with van der Waals surface area (Å²) < 4.78 is 51.9. The maximum Gasteiger partial charge on any atom is 0.405 e. The van der Waals surface area contributed by atoms with Crippen LogP contribution >= 0.6 is 11.8 Å². The van der Waals surface area contributed by atoms with Crippen molar-refractivity contribution in [3.63, 3.8) is 0 Å². The molecule has 0 spiro atoms. The van der Waals surface area contributed by atoms with E-state index in [1.54, 1.807) is 24.4 Å². The number of anilines is 1. The molecule has 1 atom stereocenters. The van der Waals surface area contributed by atoms with Crippen LogP contribution in [0.2, 0.25) is 0 Å². The van der Waals surface area contributed by atoms with Crippen LogP contribution in [0.5, 0.6) is 0 Å². The van der Waals surface area contributed by atoms with Gasteiger partial charge in [0.05, 0.1) is 5.69 Å². The van der Waals surface area contributed by atoms with Gasteiger partial charge in [0, 0.05) is 23.4 Å². The number of alkyl halides is 3. The largest absolute Gasteiger partial charge is 0.480 e. The molecule has 0 unspecified atom stereocenters. The fourth-order valence-corrected chi connectivity index (χ4v) is 3.30. The van der Waals surface area contributed by atoms with Crippen LogP contribution in [0.3, 0.4) is 0 Å². The van der Waals surface area contributed by atoms with Crippen LogP contribution in [-0.4, -0.2) is 40.6 Å². The standard InChI is InChI=1S/C17H16F4N2O2S/c18-12-4-6-14(7-5-12)23(11-17(19,20)21)15(16(24)25)10-26-9-13-3-1-2-8-22-13/h1-8,15H,9-11H2,(H,24,25)/t15-/m0/s1. The summed E-state index contributed by atoms with van der Waals surface area (Å²) in [7, 11) is 0. The lowest BCUT2D eigenvalue weighted by molar-refractivity contribution is -0.140. The molecule has 26 heavy (non-hydrogen) atoms. The van der Waals surface area contributed by atoms with E-state index in [1.807, 2.05) is 0 Å². The van der Waals surface area contributed by atoms with Crippen LogP contribution in [-0.2, 0) is 10.5 Å². The summed E-state index contributed by atoms with van der Waals surface area (Å²) in [4.78, 5) is 16.4. The third-order valence-electron chi connectivity index (χ3n) is 3.42. The van der Waals surface area contributed by atoms with Gasteiger partial charge in [-0.05, 0) is 36.4 Å². The highest BCUT2D eigenvalue weighted by atomic mass is 32.2. The van der Waals surface area contributed by atoms with Crippen molar-refractivity contribution in [2.24, 2.45) is 0 Å². The number of benzene rings is 1. The van der Waals surface area contributed by atoms with Crippen LogP contribution in [0.1, 0.15) is 5.69 Å². The van der Waals surface area contributed by atoms with E-state index in [0.717, 1.165) is 29.2 Å². The number of halogens is 4. The van der Waals surface area contributed by atoms with Crippen molar-refractivity contribution in [1.29, 1.82) is 0 Å². The molecule has 1 heterocycles. The summed E-state index contributed by atoms with van der Waals surface area (Å²) in [6, 6.07) is 8.10. The van der Waals surface area contributed by atoms with Gasteiger partial charge in [0.1, 0.15) is 18.4 Å². The van der Waals surface area contributed by atoms with Crippen molar-refractivity contribution in [2.45, 2.75) is 18.0 Å². The fraction of sp³-hybridized carbons (Fsp3) is 0.294. The fourth-order valence-electron chi connectivity index (χ4n) is 2.26. The zero-order chi connectivity index (χ0) is 19.2. The van der Waals surface area contributed by atoms with Crippen LogP contribution in [0.4, 0.5) is 23.2 Å². The average molecular weight is 388 g/mol. The van der Waals surface area contributed by atoms with E-state index in [1.165, 1.54) is 11.8 Å². The first-order valence-electron chi connectivity index (χ1n) is 7.55. The van der Waals surface area contributed by atoms with Crippen molar-refractivity contribution >= 4 is 23.4 Å². The van der Waals surface area contributed by atoms with E-state index in [4.69, 9.17) is 0 Å². The van der Waals surface area contributed by atoms with Crippen LogP contribution in [0.25, 0.3) is 0 Å². The molecule has 0 aliphatic heterocycles. The Labute approximate surface area is 151 Å². The quantitative estimate of drug-likeness (QED) is 0.694. The number of aliphatic carboxylic acids is 1. The number of hydrogen-bond donors (Lipinski definition) is 1. The van der Waals surface area contributed by atoms with Crippen LogP contribution in [0, 0.1) is 5.82 Å². The van der Waals surface area contributed by atoms with Crippen molar-refractivity contribution in [3.05, 3.63) is 60.2 Å². The molecule has 9 heteroatoms. The maximum absolute atomic E-state index is 13.1. The molecule has 0 aliphatic rings. The van der Waals surface area contributed by atoms with E-state index >= 15 is 0 Å². The molecule has 1 aromatic heterocycles. The summed E-state index contributed by atoms with van der Waals surface area (Å²) in [5.74, 6) is -1.71. The first kappa shape index (κ1) is 20.0. The van der Waals surface area contributed by atoms with Gasteiger partial charge in [-0.25, -0.2) is 9.18 Å². The number of nitrogens with zero attached hydrogens (tertiary/aromatic N) is 2. The first-order chi connectivity index (χ1) is 12.3. The lowest BCUT2D eigenvalue weighted by Gasteiger charge is -2.31. The Kier molecular flexibility index (Phi) is 6.84. The predicted molar refractivity (Wildman–Crippen MR) is 91.6 cm³/mol. The zero-order valence-electron chi connectivity index (χ0n) is 13.5. The monoisotopic (exact) mass is 388 g/mol. The average Bonchev–Trinajstić information content (AvgIpc) is 2.57. The van der Waals surface area contributed by atoms with Gasteiger partial charge in [0.15, 0.2) is 0 Å². The highest BCUT2D eigenvalue weighted by molar-refractivity contribution is 7.98. The lowest BCUT2D eigenvalue weighted by Crippen LogP contribution is -2.47. The number of carbonyl (C=O) groups is 1. The van der Waals surface area contributed by atoms with E-state index in [9.17, 15) is 27.5 Å². The maximum atomic E-state index is 13.1. The van der Waals surface area contributed by atoms with Gasteiger partial charge in [-0.3, -0.25) is 4.98 Å². The minimum absolute atomic E-state index is 0.00504. The second kappa shape index (κ2) is 8.88. The second-order valence-electron chi connectivity index (χ2n) is 5.41. The zero-order valence-corrected chi connectivity index (χ0v) is 14.3. The molecule has 1 N–H and O–H groups in total. The molecule has 1 aromatic carbocycles. The number of aromatic nitrogens is 1. The molecular weight excluding hydrogens is 372 g/mol. The molecule has 0 bridgehead atoms. The third-order valence-corrected chi connectivity index (χ3v) is 4.47. The molecule has 140 valence electrons. The molecule has 2 rings (SSSR count). The topological polar surface area (TPSA) is 53.4 Å². The molecule has 4 nitrogen and oxygen atoms in total. The molecule has 0 saturated heterocycles. The minimum Gasteiger partial charge on any atom is -0.480 e. The van der Waals surface area contributed by atoms with Gasteiger partial charge in [-0.15, -0.1) is 0 Å². The SMILES string of the molecule is O=C(O)[C@H](CSCc1ccccn1)N(CC(F)(F)F)c1ccc(F)cc1. The Morgan fingerprint density at radius 1 is 1.19 bits per heavy atom. The van der Waals surface area contributed by atoms with E-state index in [2.05, 4.69) is 4.98 Å². The van der Waals surface area contributed by atoms with Crippen LogP contribution < -0.4 is 4.90 Å². The molecule has 2 aromatic rings. The lowest BCUT2D eigenvalue weighted by atomic mass is 10.2. The Balaban J connectivity index is 2.16. The number of pyridine rings is 1. The Bertz CT molecular complexity index is 711. The summed E-state index contributed by atoms with van der Waals surface area (Å²) in [6.07, 6.45) is -3.02. The van der Waals surface area contributed by atoms with Gasteiger partial charge < -0.3 is 10.0 Å². The minimum atomic E-state index is -4.60. The highest BCUT2D eigenvalue weighted by Gasteiger charge is 2.36. The van der Waals surface area contributed by atoms with Crippen molar-refractivity contribution in [1.82, 2.24) is 4.98 Å². The highest BCUT2D eigenvalue weighted by Crippen LogP contribution is 2.26. The number of rotatable bonds is 8. The van der Waals surface area contributed by atoms with E-state index < -0.39 is 30.5 Å². The molecular formula is C17H16F4N2O2S. The molecule has 0 radical (unpaired) electrons. The normalized spacial score (nSPS) is 12.6. The van der Waals surface area contributed by atoms with E-state index in [-0.39, 0.29) is 11.4 Å². The van der Waals surface area contributed by atoms with Crippen molar-refractivity contribution in [3.8, 4) is 0 Å². The summed E-state index contributed by atoms with van der Waals surface area (Å²) in [6.45, 7) is -1.44. The number of thioether (sulfide) groups is 1. The molecule has 0 amide bonds. The Hall–Kier alpha value is -2.29. The molecule has 0 aliphatic carbocycles. The number of carboxylic acids is 1. The van der Waals surface area contributed by atoms with Gasteiger partial charge in [-0.2, -0.15) is 24.9 Å². The van der Waals surface area contributed by atoms with E-state index in [0.29, 0.717) is 11.4 Å². The molecule has 0 fully saturated rings. The third kappa shape index (κ3) is 6.21. The summed E-state index contributed by atoms with van der Waals surface area (Å²) in [5, 5.41) is 9.44. The van der Waals surface area contributed by atoms with Crippen LogP contribution in [0.15, 0.2) is 48.7 Å². The molecule has 0 saturated carbocycles. The second-order valence-corrected chi connectivity index (χ2v) is 6.44. The predicted octanol–water partition coefficient (Wildman–Crippen LogP) is 3.98. The van der Waals surface area contributed by atoms with Gasteiger partial charge in [-0.1, -0.05) is 6.07 Å². The first-order valence-corrected chi connectivity index (χ1v) is 8.71. The van der Waals surface area contributed by atoms with Gasteiger partial charge in [0.2, 0.25) is 0 Å². The number of carboxylic acid groups (broad SMARTS) is 1. The number of hydrogen-bond acceptors (Lipinski definition) is 4.